The number of allylic oxidation sites excluding steroid dienone is 1. The minimum absolute atomic E-state index is 0.0590. The van der Waals surface area contributed by atoms with Gasteiger partial charge in [0.05, 0.1) is 5.41 Å². The molecule has 6 unspecified atom stereocenters. The molecular weight excluding hydrogens is 332 g/mol. The van der Waals surface area contributed by atoms with E-state index in [1.807, 2.05) is 36.5 Å². The van der Waals surface area contributed by atoms with Crippen LogP contribution in [0.3, 0.4) is 0 Å². The van der Waals surface area contributed by atoms with Crippen LogP contribution in [-0.2, 0) is 10.2 Å². The predicted octanol–water partition coefficient (Wildman–Crippen LogP) is 3.00. The largest absolute Gasteiger partial charge is 0.472 e. The fourth-order valence-electron chi connectivity index (χ4n) is 6.06. The molecule has 2 aliphatic carbocycles. The van der Waals surface area contributed by atoms with Crippen molar-refractivity contribution in [1.82, 2.24) is 0 Å². The number of fused-ring (bicyclic) bond motifs is 5. The van der Waals surface area contributed by atoms with E-state index in [9.17, 15) is 4.79 Å². The highest BCUT2D eigenvalue weighted by Gasteiger charge is 2.92. The smallest absolute Gasteiger partial charge is 0.242 e. The van der Waals surface area contributed by atoms with E-state index in [1.54, 1.807) is 0 Å². The van der Waals surface area contributed by atoms with Crippen LogP contribution in [0.5, 0.6) is 0 Å². The minimum atomic E-state index is -0.637. The molecule has 3 nitrogen and oxygen atoms in total. The van der Waals surface area contributed by atoms with Gasteiger partial charge in [-0.1, -0.05) is 36.4 Å². The number of benzene rings is 1. The third-order valence-corrected chi connectivity index (χ3v) is 7.90. The SMILES string of the molecule is C=CC1(C)C(Cl)CC(C(=C)C)C2C3(C(=O)Nc4ccccc43)C21[NH2+][CH2-]. The summed E-state index contributed by atoms with van der Waals surface area (Å²) in [5, 5.41) is 4.96. The summed E-state index contributed by atoms with van der Waals surface area (Å²) < 4.78 is 0. The van der Waals surface area contributed by atoms with Gasteiger partial charge in [-0.15, -0.1) is 18.2 Å². The molecule has 1 aliphatic heterocycles. The molecule has 1 spiro atoms. The molecule has 3 aliphatic rings. The number of rotatable bonds is 3. The van der Waals surface area contributed by atoms with Crippen LogP contribution in [0.4, 0.5) is 5.69 Å². The van der Waals surface area contributed by atoms with E-state index in [4.69, 9.17) is 11.6 Å². The van der Waals surface area contributed by atoms with E-state index < -0.39 is 16.4 Å². The van der Waals surface area contributed by atoms with Crippen LogP contribution >= 0.6 is 11.6 Å². The van der Waals surface area contributed by atoms with E-state index in [0.717, 1.165) is 23.2 Å². The number of carbonyl (C=O) groups is 1. The minimum Gasteiger partial charge on any atom is -0.472 e. The highest BCUT2D eigenvalue weighted by atomic mass is 35.5. The summed E-state index contributed by atoms with van der Waals surface area (Å²) in [6.45, 7) is 12.5. The topological polar surface area (TPSA) is 45.7 Å². The molecule has 3 N–H and O–H groups in total. The maximum atomic E-state index is 13.4. The molecule has 1 amide bonds. The molecular formula is C21H25ClN2O. The fraction of sp³-hybridized carbons (Fsp3) is 0.429. The van der Waals surface area contributed by atoms with Gasteiger partial charge in [0.15, 0.2) is 0 Å². The van der Waals surface area contributed by atoms with E-state index in [0.29, 0.717) is 0 Å². The standard InChI is InChI=1S/C21H25ClN2O/c1-6-19(4)16(22)11-13(12(2)3)17-20(21(17,19)23-5)14-9-7-8-10-15(14)24-18(20)25/h6-10,13,16-17H,1-2,5,11,23H2,3-4H3,(H,24,25). The van der Waals surface area contributed by atoms with E-state index in [1.165, 1.54) is 0 Å². The Balaban J connectivity index is 2.03. The first-order valence-corrected chi connectivity index (χ1v) is 9.24. The van der Waals surface area contributed by atoms with Crippen molar-refractivity contribution >= 4 is 23.2 Å². The fourth-order valence-corrected chi connectivity index (χ4v) is 6.52. The number of quaternary nitrogens is 1. The number of hydrogen-bond acceptors (Lipinski definition) is 1. The van der Waals surface area contributed by atoms with Crippen molar-refractivity contribution in [3.63, 3.8) is 0 Å². The quantitative estimate of drug-likeness (QED) is 0.488. The molecule has 132 valence electrons. The summed E-state index contributed by atoms with van der Waals surface area (Å²) in [5.41, 5.74) is 1.55. The number of halogens is 1. The first kappa shape index (κ1) is 16.9. The highest BCUT2D eigenvalue weighted by Crippen LogP contribution is 2.77. The number of hydrogen-bond donors (Lipinski definition) is 2. The van der Waals surface area contributed by atoms with Gasteiger partial charge < -0.3 is 10.6 Å². The van der Waals surface area contributed by atoms with Crippen molar-refractivity contribution in [3.8, 4) is 0 Å². The Morgan fingerprint density at radius 2 is 2.16 bits per heavy atom. The molecule has 1 aromatic carbocycles. The number of anilines is 1. The maximum absolute atomic E-state index is 13.4. The van der Waals surface area contributed by atoms with Gasteiger partial charge in [-0.3, -0.25) is 4.79 Å². The lowest BCUT2D eigenvalue weighted by molar-refractivity contribution is -0.671. The van der Waals surface area contributed by atoms with Gasteiger partial charge in [-0.2, -0.15) is 7.05 Å². The number of nitrogens with one attached hydrogen (secondary N) is 1. The number of para-hydroxylation sites is 1. The van der Waals surface area contributed by atoms with E-state index >= 15 is 0 Å². The molecule has 0 bridgehead atoms. The first-order valence-electron chi connectivity index (χ1n) is 8.80. The molecule has 25 heavy (non-hydrogen) atoms. The molecule has 0 saturated heterocycles. The van der Waals surface area contributed by atoms with Crippen LogP contribution < -0.4 is 10.6 Å². The molecule has 0 aromatic heterocycles. The number of carbonyl (C=O) groups excluding carboxylic acids is 1. The van der Waals surface area contributed by atoms with Crippen LogP contribution in [0, 0.1) is 24.3 Å². The van der Waals surface area contributed by atoms with Crippen LogP contribution in [0.1, 0.15) is 25.8 Å². The molecule has 6 atom stereocenters. The van der Waals surface area contributed by atoms with Gasteiger partial charge in [-0.25, -0.2) is 0 Å². The lowest BCUT2D eigenvalue weighted by Crippen LogP contribution is -2.94. The summed E-state index contributed by atoms with van der Waals surface area (Å²) in [4.78, 5) is 13.4. The highest BCUT2D eigenvalue weighted by molar-refractivity contribution is 6.22. The lowest BCUT2D eigenvalue weighted by Gasteiger charge is -2.45. The monoisotopic (exact) mass is 356 g/mol. The van der Waals surface area contributed by atoms with E-state index in [2.05, 4.69) is 38.5 Å². The van der Waals surface area contributed by atoms with Crippen molar-refractivity contribution in [2.24, 2.45) is 17.3 Å². The third-order valence-electron chi connectivity index (χ3n) is 7.27. The van der Waals surface area contributed by atoms with Gasteiger partial charge in [0.1, 0.15) is 11.0 Å². The summed E-state index contributed by atoms with van der Waals surface area (Å²) in [5.74, 6) is 0.353. The van der Waals surface area contributed by atoms with Crippen LogP contribution in [0.25, 0.3) is 0 Å². The first-order chi connectivity index (χ1) is 11.8. The van der Waals surface area contributed by atoms with Gasteiger partial charge in [-0.05, 0) is 37.8 Å². The van der Waals surface area contributed by atoms with Crippen molar-refractivity contribution in [1.29, 1.82) is 0 Å². The molecule has 1 heterocycles. The van der Waals surface area contributed by atoms with Gasteiger partial charge in [0.25, 0.3) is 0 Å². The molecule has 4 rings (SSSR count). The summed E-state index contributed by atoms with van der Waals surface area (Å²) in [6, 6.07) is 8.00. The lowest BCUT2D eigenvalue weighted by atomic mass is 9.65. The van der Waals surface area contributed by atoms with Crippen molar-refractivity contribution in [2.45, 2.75) is 36.6 Å². The van der Waals surface area contributed by atoms with Gasteiger partial charge in [0, 0.05) is 17.0 Å². The van der Waals surface area contributed by atoms with Crippen LogP contribution in [0.2, 0.25) is 0 Å². The average molecular weight is 357 g/mol. The second-order valence-corrected chi connectivity index (χ2v) is 8.53. The Bertz CT molecular complexity index is 805. The molecule has 2 saturated carbocycles. The predicted molar refractivity (Wildman–Crippen MR) is 101 cm³/mol. The Kier molecular flexibility index (Phi) is 3.36. The Morgan fingerprint density at radius 3 is 2.76 bits per heavy atom. The van der Waals surface area contributed by atoms with Gasteiger partial charge in [0.2, 0.25) is 5.91 Å². The third kappa shape index (κ3) is 1.56. The van der Waals surface area contributed by atoms with E-state index in [-0.39, 0.29) is 23.1 Å². The number of alkyl halides is 1. The average Bonchev–Trinajstić information content (AvgIpc) is 3.13. The normalized spacial score (nSPS) is 44.0. The summed E-state index contributed by atoms with van der Waals surface area (Å²) in [6.07, 6.45) is 2.74. The van der Waals surface area contributed by atoms with Crippen LogP contribution in [-0.4, -0.2) is 16.8 Å². The van der Waals surface area contributed by atoms with Crippen molar-refractivity contribution in [2.75, 3.05) is 5.32 Å². The zero-order valence-corrected chi connectivity index (χ0v) is 15.6. The Labute approximate surface area is 154 Å². The second kappa shape index (κ2) is 4.99. The Morgan fingerprint density at radius 1 is 1.48 bits per heavy atom. The van der Waals surface area contributed by atoms with Crippen molar-refractivity contribution < 1.29 is 10.1 Å². The Hall–Kier alpha value is -1.58. The van der Waals surface area contributed by atoms with Gasteiger partial charge >= 0.3 is 0 Å². The van der Waals surface area contributed by atoms with Crippen LogP contribution in [0.15, 0.2) is 49.1 Å². The zero-order valence-electron chi connectivity index (χ0n) is 14.8. The molecule has 4 heteroatoms. The molecule has 0 radical (unpaired) electrons. The second-order valence-electron chi connectivity index (χ2n) is 8.00. The number of amides is 1. The summed E-state index contributed by atoms with van der Waals surface area (Å²) in [7, 11) is 4.18. The number of nitrogens with two attached hydrogens (primary N) is 1. The molecule has 2 fully saturated rings. The zero-order chi connectivity index (χ0) is 18.2. The molecule has 1 aromatic rings. The van der Waals surface area contributed by atoms with Crippen molar-refractivity contribution in [3.05, 3.63) is 61.7 Å². The summed E-state index contributed by atoms with van der Waals surface area (Å²) >= 11 is 6.90. The maximum Gasteiger partial charge on any atom is 0.242 e.